The first kappa shape index (κ1) is 15.0. The van der Waals surface area contributed by atoms with Crippen molar-refractivity contribution in [3.63, 3.8) is 0 Å². The van der Waals surface area contributed by atoms with Gasteiger partial charge in [-0.2, -0.15) is 0 Å². The molecule has 1 aromatic carbocycles. The van der Waals surface area contributed by atoms with Crippen LogP contribution in [-0.2, 0) is 0 Å². The number of hydrogen-bond acceptors (Lipinski definition) is 4. The molecule has 0 aliphatic carbocycles. The molecule has 19 heavy (non-hydrogen) atoms. The highest BCUT2D eigenvalue weighted by Gasteiger charge is 2.15. The predicted molar refractivity (Wildman–Crippen MR) is 66.3 cm³/mol. The van der Waals surface area contributed by atoms with Gasteiger partial charge in [0.25, 0.3) is 11.6 Å². The normalized spacial score (nSPS) is 11.9. The highest BCUT2D eigenvalue weighted by Crippen LogP contribution is 2.16. The Morgan fingerprint density at radius 3 is 2.79 bits per heavy atom. The zero-order chi connectivity index (χ0) is 14.4. The molecule has 0 fully saturated rings. The van der Waals surface area contributed by atoms with E-state index in [0.29, 0.717) is 13.0 Å². The van der Waals surface area contributed by atoms with Crippen molar-refractivity contribution < 1.29 is 19.2 Å². The number of aliphatic hydroxyl groups is 1. The monoisotopic (exact) mass is 270 g/mol. The molecular formula is C12H15FN2O4. The Hall–Kier alpha value is -2.02. The van der Waals surface area contributed by atoms with E-state index in [0.717, 1.165) is 18.2 Å². The number of aliphatic hydroxyl groups excluding tert-OH is 1. The minimum absolute atomic E-state index is 0.0163. The van der Waals surface area contributed by atoms with E-state index in [1.54, 1.807) is 0 Å². The molecule has 0 aromatic heterocycles. The Morgan fingerprint density at radius 2 is 2.21 bits per heavy atom. The van der Waals surface area contributed by atoms with Crippen molar-refractivity contribution in [2.75, 3.05) is 13.2 Å². The highest BCUT2D eigenvalue weighted by molar-refractivity contribution is 5.94. The predicted octanol–water partition coefficient (Wildman–Crippen LogP) is 1.48. The van der Waals surface area contributed by atoms with E-state index in [2.05, 4.69) is 5.32 Å². The van der Waals surface area contributed by atoms with Gasteiger partial charge in [0, 0.05) is 24.8 Å². The fraction of sp³-hybridized carbons (Fsp3) is 0.417. The molecule has 1 atom stereocenters. The van der Waals surface area contributed by atoms with Crippen molar-refractivity contribution >= 4 is 11.6 Å². The summed E-state index contributed by atoms with van der Waals surface area (Å²) in [4.78, 5) is 21.5. The molecule has 0 aliphatic heterocycles. The van der Waals surface area contributed by atoms with Crippen molar-refractivity contribution in [3.05, 3.63) is 39.7 Å². The molecule has 6 nitrogen and oxygen atoms in total. The van der Waals surface area contributed by atoms with Crippen molar-refractivity contribution in [2.45, 2.75) is 13.3 Å². The number of amides is 1. The van der Waals surface area contributed by atoms with Crippen molar-refractivity contribution in [3.8, 4) is 0 Å². The van der Waals surface area contributed by atoms with E-state index in [1.807, 2.05) is 6.92 Å². The molecule has 0 saturated heterocycles. The third kappa shape index (κ3) is 4.63. The number of hydrogen-bond donors (Lipinski definition) is 2. The number of benzene rings is 1. The summed E-state index contributed by atoms with van der Waals surface area (Å²) in [6.07, 6.45) is 0.531. The first-order valence-corrected chi connectivity index (χ1v) is 5.78. The van der Waals surface area contributed by atoms with Crippen LogP contribution >= 0.6 is 0 Å². The summed E-state index contributed by atoms with van der Waals surface area (Å²) in [5, 5.41) is 21.8. The Kier molecular flexibility index (Phi) is 5.37. The quantitative estimate of drug-likeness (QED) is 0.605. The molecule has 0 heterocycles. The number of carbonyl (C=O) groups excluding carboxylic acids is 1. The van der Waals surface area contributed by atoms with Crippen LogP contribution in [0.2, 0.25) is 0 Å². The Bertz CT molecular complexity index is 479. The van der Waals surface area contributed by atoms with Crippen LogP contribution in [0.5, 0.6) is 0 Å². The smallest absolute Gasteiger partial charge is 0.273 e. The summed E-state index contributed by atoms with van der Waals surface area (Å²) in [6, 6.07) is 2.72. The van der Waals surface area contributed by atoms with Gasteiger partial charge in [0.1, 0.15) is 5.82 Å². The third-order valence-electron chi connectivity index (χ3n) is 2.59. The maximum Gasteiger partial charge on any atom is 0.273 e. The lowest BCUT2D eigenvalue weighted by Gasteiger charge is -2.11. The summed E-state index contributed by atoms with van der Waals surface area (Å²) in [6.45, 7) is 2.16. The van der Waals surface area contributed by atoms with Crippen LogP contribution in [0.15, 0.2) is 18.2 Å². The van der Waals surface area contributed by atoms with E-state index in [1.165, 1.54) is 0 Å². The first-order chi connectivity index (χ1) is 8.93. The number of rotatable bonds is 6. The third-order valence-corrected chi connectivity index (χ3v) is 2.59. The molecule has 0 saturated carbocycles. The van der Waals surface area contributed by atoms with Crippen LogP contribution in [0.3, 0.4) is 0 Å². The van der Waals surface area contributed by atoms with E-state index in [4.69, 9.17) is 5.11 Å². The lowest BCUT2D eigenvalue weighted by atomic mass is 10.1. The molecule has 1 unspecified atom stereocenters. The summed E-state index contributed by atoms with van der Waals surface area (Å²) >= 11 is 0. The number of carbonyl (C=O) groups is 1. The molecule has 1 amide bonds. The number of nitro benzene ring substituents is 1. The second-order valence-electron chi connectivity index (χ2n) is 4.28. The Balaban J connectivity index is 2.74. The van der Waals surface area contributed by atoms with Crippen molar-refractivity contribution in [1.29, 1.82) is 0 Å². The fourth-order valence-electron chi connectivity index (χ4n) is 1.50. The number of halogens is 1. The van der Waals surface area contributed by atoms with Gasteiger partial charge in [0.05, 0.1) is 11.0 Å². The zero-order valence-electron chi connectivity index (χ0n) is 10.4. The molecule has 0 bridgehead atoms. The van der Waals surface area contributed by atoms with Gasteiger partial charge >= 0.3 is 0 Å². The zero-order valence-corrected chi connectivity index (χ0v) is 10.4. The van der Waals surface area contributed by atoms with E-state index < -0.39 is 22.3 Å². The van der Waals surface area contributed by atoms with Crippen LogP contribution in [0.4, 0.5) is 10.1 Å². The van der Waals surface area contributed by atoms with Crippen LogP contribution in [0.25, 0.3) is 0 Å². The molecule has 1 aromatic rings. The maximum absolute atomic E-state index is 13.2. The van der Waals surface area contributed by atoms with Crippen molar-refractivity contribution in [1.82, 2.24) is 5.32 Å². The van der Waals surface area contributed by atoms with Crippen LogP contribution in [-0.4, -0.2) is 29.1 Å². The molecule has 0 spiro atoms. The summed E-state index contributed by atoms with van der Waals surface area (Å²) < 4.78 is 13.2. The van der Waals surface area contributed by atoms with Crippen molar-refractivity contribution in [2.24, 2.45) is 5.92 Å². The SMILES string of the molecule is CC(CCO)CNC(=O)c1cc(F)cc([N+](=O)[O-])c1. The maximum atomic E-state index is 13.2. The molecule has 7 heteroatoms. The summed E-state index contributed by atoms with van der Waals surface area (Å²) in [5.74, 6) is -1.34. The average molecular weight is 270 g/mol. The number of nitrogens with zero attached hydrogens (tertiary/aromatic N) is 1. The van der Waals surface area contributed by atoms with Crippen LogP contribution < -0.4 is 5.32 Å². The van der Waals surface area contributed by atoms with Gasteiger partial charge in [0.2, 0.25) is 0 Å². The van der Waals surface area contributed by atoms with Gasteiger partial charge in [-0.15, -0.1) is 0 Å². The average Bonchev–Trinajstić information content (AvgIpc) is 2.35. The van der Waals surface area contributed by atoms with Gasteiger partial charge in [-0.05, 0) is 18.4 Å². The Labute approximate surface area is 109 Å². The molecule has 1 rings (SSSR count). The largest absolute Gasteiger partial charge is 0.396 e. The topological polar surface area (TPSA) is 92.5 Å². The van der Waals surface area contributed by atoms with Crippen LogP contribution in [0.1, 0.15) is 23.7 Å². The van der Waals surface area contributed by atoms with Gasteiger partial charge < -0.3 is 10.4 Å². The number of nitro groups is 1. The number of non-ortho nitro benzene ring substituents is 1. The minimum Gasteiger partial charge on any atom is -0.396 e. The fourth-order valence-corrected chi connectivity index (χ4v) is 1.50. The van der Waals surface area contributed by atoms with Gasteiger partial charge in [-0.3, -0.25) is 14.9 Å². The van der Waals surface area contributed by atoms with E-state index in [-0.39, 0.29) is 18.1 Å². The molecule has 0 radical (unpaired) electrons. The lowest BCUT2D eigenvalue weighted by molar-refractivity contribution is -0.385. The van der Waals surface area contributed by atoms with Gasteiger partial charge in [0.15, 0.2) is 0 Å². The standard InChI is InChI=1S/C12H15FN2O4/c1-8(2-3-16)7-14-12(17)9-4-10(13)6-11(5-9)15(18)19/h4-6,8,16H,2-3,7H2,1H3,(H,14,17). The molecule has 0 aliphatic rings. The second-order valence-corrected chi connectivity index (χ2v) is 4.28. The second kappa shape index (κ2) is 6.79. The minimum atomic E-state index is -0.831. The van der Waals surface area contributed by atoms with E-state index >= 15 is 0 Å². The molecule has 2 N–H and O–H groups in total. The molecule has 104 valence electrons. The van der Waals surface area contributed by atoms with Gasteiger partial charge in [-0.1, -0.05) is 6.92 Å². The first-order valence-electron chi connectivity index (χ1n) is 5.78. The number of nitrogens with one attached hydrogen (secondary N) is 1. The lowest BCUT2D eigenvalue weighted by Crippen LogP contribution is -2.28. The van der Waals surface area contributed by atoms with Gasteiger partial charge in [-0.25, -0.2) is 4.39 Å². The van der Waals surface area contributed by atoms with E-state index in [9.17, 15) is 19.3 Å². The molecular weight excluding hydrogens is 255 g/mol. The summed E-state index contributed by atoms with van der Waals surface area (Å²) in [7, 11) is 0. The Morgan fingerprint density at radius 1 is 1.53 bits per heavy atom. The van der Waals surface area contributed by atoms with Crippen LogP contribution in [0, 0.1) is 21.8 Å². The highest BCUT2D eigenvalue weighted by atomic mass is 19.1. The summed E-state index contributed by atoms with van der Waals surface area (Å²) in [5.41, 5.74) is -0.559.